The van der Waals surface area contributed by atoms with E-state index in [9.17, 15) is 0 Å². The Kier molecular flexibility index (Phi) is 4.93. The summed E-state index contributed by atoms with van der Waals surface area (Å²) < 4.78 is 5.67. The molecular weight excluding hydrogens is 312 g/mol. The lowest BCUT2D eigenvalue weighted by Crippen LogP contribution is -2.18. The van der Waals surface area contributed by atoms with Crippen LogP contribution in [0.4, 0.5) is 17.1 Å². The van der Waals surface area contributed by atoms with Crippen LogP contribution in [0.5, 0.6) is 5.75 Å². The number of rotatable bonds is 4. The number of anilines is 2. The SMILES string of the molecule is CCOc1cc(N=C2C=CC(=N)C(C)=C2C)c(N2CCCC2)cc1N. The Bertz CT molecular complexity index is 783. The molecule has 1 saturated heterocycles. The van der Waals surface area contributed by atoms with E-state index in [0.29, 0.717) is 23.8 Å². The van der Waals surface area contributed by atoms with Gasteiger partial charge in [0.1, 0.15) is 5.75 Å². The maximum atomic E-state index is 7.95. The molecule has 1 heterocycles. The molecule has 1 aromatic carbocycles. The topological polar surface area (TPSA) is 74.7 Å². The van der Waals surface area contributed by atoms with Gasteiger partial charge >= 0.3 is 0 Å². The van der Waals surface area contributed by atoms with E-state index < -0.39 is 0 Å². The lowest BCUT2D eigenvalue weighted by Gasteiger charge is -2.22. The largest absolute Gasteiger partial charge is 0.492 e. The number of allylic oxidation sites excluding steroid dienone is 4. The molecule has 0 spiro atoms. The van der Waals surface area contributed by atoms with Crippen LogP contribution in [0.3, 0.4) is 0 Å². The minimum absolute atomic E-state index is 0.545. The first-order valence-corrected chi connectivity index (χ1v) is 8.86. The second kappa shape index (κ2) is 7.13. The van der Waals surface area contributed by atoms with Gasteiger partial charge in [0.15, 0.2) is 0 Å². The number of hydrogen-bond donors (Lipinski definition) is 2. The highest BCUT2D eigenvalue weighted by Gasteiger charge is 2.19. The summed E-state index contributed by atoms with van der Waals surface area (Å²) >= 11 is 0. The minimum Gasteiger partial charge on any atom is -0.492 e. The number of nitrogen functional groups attached to an aromatic ring is 1. The first kappa shape index (κ1) is 17.3. The van der Waals surface area contributed by atoms with Gasteiger partial charge in [0, 0.05) is 19.2 Å². The van der Waals surface area contributed by atoms with Crippen molar-refractivity contribution in [2.45, 2.75) is 33.6 Å². The van der Waals surface area contributed by atoms with Crippen LogP contribution in [-0.2, 0) is 0 Å². The van der Waals surface area contributed by atoms with Gasteiger partial charge < -0.3 is 20.8 Å². The van der Waals surface area contributed by atoms with Gasteiger partial charge in [0.25, 0.3) is 0 Å². The third-order valence-corrected chi connectivity index (χ3v) is 4.85. The summed E-state index contributed by atoms with van der Waals surface area (Å²) in [5.41, 5.74) is 12.2. The Morgan fingerprint density at radius 1 is 1.16 bits per heavy atom. The molecule has 1 aliphatic carbocycles. The maximum Gasteiger partial charge on any atom is 0.144 e. The van der Waals surface area contributed by atoms with Crippen molar-refractivity contribution in [1.82, 2.24) is 0 Å². The van der Waals surface area contributed by atoms with Crippen molar-refractivity contribution >= 4 is 28.5 Å². The van der Waals surface area contributed by atoms with E-state index >= 15 is 0 Å². The van der Waals surface area contributed by atoms with Gasteiger partial charge in [0.05, 0.1) is 35.1 Å². The van der Waals surface area contributed by atoms with Crippen LogP contribution in [-0.4, -0.2) is 31.1 Å². The highest BCUT2D eigenvalue weighted by atomic mass is 16.5. The van der Waals surface area contributed by atoms with Crippen LogP contribution in [0.25, 0.3) is 0 Å². The van der Waals surface area contributed by atoms with Crippen molar-refractivity contribution in [2.75, 3.05) is 30.3 Å². The van der Waals surface area contributed by atoms with Crippen LogP contribution < -0.4 is 15.4 Å². The number of hydrogen-bond acceptors (Lipinski definition) is 5. The molecule has 2 aliphatic rings. The first-order chi connectivity index (χ1) is 12.0. The van der Waals surface area contributed by atoms with Gasteiger partial charge in [-0.1, -0.05) is 0 Å². The molecule has 1 aromatic rings. The highest BCUT2D eigenvalue weighted by molar-refractivity contribution is 6.23. The molecule has 132 valence electrons. The van der Waals surface area contributed by atoms with Crippen molar-refractivity contribution in [1.29, 1.82) is 5.41 Å². The van der Waals surface area contributed by atoms with Crippen LogP contribution >= 0.6 is 0 Å². The zero-order chi connectivity index (χ0) is 18.0. The maximum absolute atomic E-state index is 7.95. The Balaban J connectivity index is 2.09. The Hall–Kier alpha value is -2.56. The number of nitrogens with one attached hydrogen (secondary N) is 1. The molecule has 25 heavy (non-hydrogen) atoms. The summed E-state index contributed by atoms with van der Waals surface area (Å²) in [5.74, 6) is 0.677. The molecule has 0 amide bonds. The number of ether oxygens (including phenoxy) is 1. The molecule has 1 fully saturated rings. The van der Waals surface area contributed by atoms with E-state index in [1.807, 2.05) is 39.0 Å². The molecular formula is C20H26N4O. The number of nitrogens with two attached hydrogens (primary N) is 1. The summed E-state index contributed by atoms with van der Waals surface area (Å²) in [6, 6.07) is 3.92. The normalized spacial score (nSPS) is 19.2. The van der Waals surface area contributed by atoms with E-state index in [4.69, 9.17) is 20.9 Å². The second-order valence-electron chi connectivity index (χ2n) is 6.50. The molecule has 0 radical (unpaired) electrons. The van der Waals surface area contributed by atoms with Gasteiger partial charge in [-0.2, -0.15) is 0 Å². The molecule has 0 unspecified atom stereocenters. The van der Waals surface area contributed by atoms with Crippen LogP contribution in [0.15, 0.2) is 40.4 Å². The molecule has 0 saturated carbocycles. The quantitative estimate of drug-likeness (QED) is 0.636. The molecule has 5 nitrogen and oxygen atoms in total. The van der Waals surface area contributed by atoms with E-state index in [-0.39, 0.29) is 0 Å². The van der Waals surface area contributed by atoms with Gasteiger partial charge in [-0.25, -0.2) is 4.99 Å². The average Bonchev–Trinajstić information content (AvgIpc) is 3.12. The molecule has 3 N–H and O–H groups in total. The second-order valence-corrected chi connectivity index (χ2v) is 6.50. The Labute approximate surface area is 149 Å². The zero-order valence-electron chi connectivity index (χ0n) is 15.2. The molecule has 5 heteroatoms. The Morgan fingerprint density at radius 2 is 1.88 bits per heavy atom. The van der Waals surface area contributed by atoms with Crippen molar-refractivity contribution in [2.24, 2.45) is 4.99 Å². The smallest absolute Gasteiger partial charge is 0.144 e. The summed E-state index contributed by atoms with van der Waals surface area (Å²) in [6.07, 6.45) is 6.10. The standard InChI is InChI=1S/C20H26N4O/c1-4-25-20-12-18(19(11-16(20)22)24-9-5-6-10-24)23-17-8-7-15(21)13(2)14(17)3/h7-8,11-12,21H,4-6,9-10,22H2,1-3H3. The van der Waals surface area contributed by atoms with E-state index in [1.54, 1.807) is 6.08 Å². The fraction of sp³-hybridized carbons (Fsp3) is 0.400. The third kappa shape index (κ3) is 3.45. The van der Waals surface area contributed by atoms with Gasteiger partial charge in [0.2, 0.25) is 0 Å². The van der Waals surface area contributed by atoms with Crippen LogP contribution in [0, 0.1) is 5.41 Å². The number of benzene rings is 1. The minimum atomic E-state index is 0.545. The average molecular weight is 338 g/mol. The fourth-order valence-corrected chi connectivity index (χ4v) is 3.21. The molecule has 0 bridgehead atoms. The number of nitrogens with zero attached hydrogens (tertiary/aromatic N) is 2. The van der Waals surface area contributed by atoms with E-state index in [0.717, 1.165) is 41.3 Å². The predicted octanol–water partition coefficient (Wildman–Crippen LogP) is 4.27. The van der Waals surface area contributed by atoms with Gasteiger partial charge in [-0.05, 0) is 63.0 Å². The fourth-order valence-electron chi connectivity index (χ4n) is 3.21. The summed E-state index contributed by atoms with van der Waals surface area (Å²) in [6.45, 7) is 8.55. The first-order valence-electron chi connectivity index (χ1n) is 8.86. The summed E-state index contributed by atoms with van der Waals surface area (Å²) in [5, 5.41) is 7.95. The van der Waals surface area contributed by atoms with Crippen LogP contribution in [0.1, 0.15) is 33.6 Å². The summed E-state index contributed by atoms with van der Waals surface area (Å²) in [4.78, 5) is 7.25. The van der Waals surface area contributed by atoms with E-state index in [1.165, 1.54) is 12.8 Å². The molecule has 0 atom stereocenters. The third-order valence-electron chi connectivity index (χ3n) is 4.85. The molecule has 3 rings (SSSR count). The molecule has 0 aromatic heterocycles. The van der Waals surface area contributed by atoms with Gasteiger partial charge in [-0.3, -0.25) is 0 Å². The lowest BCUT2D eigenvalue weighted by molar-refractivity contribution is 0.342. The lowest BCUT2D eigenvalue weighted by atomic mass is 9.96. The zero-order valence-corrected chi connectivity index (χ0v) is 15.2. The number of aliphatic imine (C=N–C) groups is 1. The molecule has 1 aliphatic heterocycles. The van der Waals surface area contributed by atoms with Crippen molar-refractivity contribution in [3.63, 3.8) is 0 Å². The van der Waals surface area contributed by atoms with Crippen molar-refractivity contribution in [3.8, 4) is 5.75 Å². The van der Waals surface area contributed by atoms with Crippen molar-refractivity contribution < 1.29 is 4.74 Å². The predicted molar refractivity (Wildman–Crippen MR) is 106 cm³/mol. The van der Waals surface area contributed by atoms with Crippen molar-refractivity contribution in [3.05, 3.63) is 35.4 Å². The van der Waals surface area contributed by atoms with E-state index in [2.05, 4.69) is 4.90 Å². The highest BCUT2D eigenvalue weighted by Crippen LogP contribution is 2.39. The monoisotopic (exact) mass is 338 g/mol. The van der Waals surface area contributed by atoms with Crippen LogP contribution in [0.2, 0.25) is 0 Å². The summed E-state index contributed by atoms with van der Waals surface area (Å²) in [7, 11) is 0. The Morgan fingerprint density at radius 3 is 2.56 bits per heavy atom. The van der Waals surface area contributed by atoms with Gasteiger partial charge in [-0.15, -0.1) is 0 Å².